The van der Waals surface area contributed by atoms with E-state index >= 15 is 0 Å². The highest BCUT2D eigenvalue weighted by Crippen LogP contribution is 2.33. The van der Waals surface area contributed by atoms with Crippen LogP contribution in [0.2, 0.25) is 0 Å². The summed E-state index contributed by atoms with van der Waals surface area (Å²) >= 11 is 0. The van der Waals surface area contributed by atoms with Gasteiger partial charge < -0.3 is 16.2 Å². The van der Waals surface area contributed by atoms with Crippen molar-refractivity contribution in [2.75, 3.05) is 6.54 Å². The highest BCUT2D eigenvalue weighted by molar-refractivity contribution is 5.77. The molecule has 0 aromatic rings. The van der Waals surface area contributed by atoms with Crippen molar-refractivity contribution >= 4 is 5.91 Å². The van der Waals surface area contributed by atoms with Crippen molar-refractivity contribution in [3.05, 3.63) is 0 Å². The lowest BCUT2D eigenvalue weighted by Crippen LogP contribution is -2.49. The summed E-state index contributed by atoms with van der Waals surface area (Å²) in [6.07, 6.45) is 10.7. The summed E-state index contributed by atoms with van der Waals surface area (Å²) in [5.74, 6) is 0.751. The number of amides is 1. The van der Waals surface area contributed by atoms with Gasteiger partial charge in [-0.25, -0.2) is 0 Å². The van der Waals surface area contributed by atoms with Crippen LogP contribution in [0.1, 0.15) is 77.6 Å². The number of rotatable bonds is 5. The quantitative estimate of drug-likeness (QED) is 0.729. The molecular formula is C17H32N2O2. The second-order valence-corrected chi connectivity index (χ2v) is 7.45. The van der Waals surface area contributed by atoms with E-state index in [2.05, 4.69) is 12.2 Å². The number of aliphatic hydroxyl groups is 1. The average Bonchev–Trinajstić information content (AvgIpc) is 2.46. The first kappa shape index (κ1) is 16.8. The molecule has 0 aromatic carbocycles. The molecular weight excluding hydrogens is 264 g/mol. The first-order valence-corrected chi connectivity index (χ1v) is 8.73. The van der Waals surface area contributed by atoms with Gasteiger partial charge in [-0.15, -0.1) is 0 Å². The molecule has 21 heavy (non-hydrogen) atoms. The number of hydrogen-bond acceptors (Lipinski definition) is 3. The summed E-state index contributed by atoms with van der Waals surface area (Å²) < 4.78 is 0. The molecule has 2 aliphatic rings. The largest absolute Gasteiger partial charge is 0.388 e. The minimum Gasteiger partial charge on any atom is -0.388 e. The second kappa shape index (κ2) is 7.10. The Morgan fingerprint density at radius 1 is 1.19 bits per heavy atom. The van der Waals surface area contributed by atoms with Crippen LogP contribution in [-0.2, 0) is 4.79 Å². The van der Waals surface area contributed by atoms with Crippen molar-refractivity contribution in [3.63, 3.8) is 0 Å². The number of hydrogen-bond donors (Lipinski definition) is 3. The zero-order valence-electron chi connectivity index (χ0n) is 13.5. The molecule has 2 rings (SSSR count). The molecule has 0 bridgehead atoms. The molecule has 1 amide bonds. The Balaban J connectivity index is 1.73. The lowest BCUT2D eigenvalue weighted by atomic mass is 9.77. The van der Waals surface area contributed by atoms with E-state index in [9.17, 15) is 9.90 Å². The summed E-state index contributed by atoms with van der Waals surface area (Å²) in [6, 6.07) is 0. The predicted molar refractivity (Wildman–Crippen MR) is 84.8 cm³/mol. The Bertz CT molecular complexity index is 343. The van der Waals surface area contributed by atoms with Crippen LogP contribution in [0.5, 0.6) is 0 Å². The maximum atomic E-state index is 12.1. The van der Waals surface area contributed by atoms with Crippen molar-refractivity contribution < 1.29 is 9.90 Å². The highest BCUT2D eigenvalue weighted by Gasteiger charge is 2.34. The SMILES string of the molecule is CCC1CCC(O)(CNC(=O)CC2(N)CCCCC2)CC1. The van der Waals surface area contributed by atoms with E-state index in [4.69, 9.17) is 5.73 Å². The molecule has 4 N–H and O–H groups in total. The minimum absolute atomic E-state index is 0.00504. The Morgan fingerprint density at radius 3 is 2.38 bits per heavy atom. The van der Waals surface area contributed by atoms with Crippen LogP contribution in [0.15, 0.2) is 0 Å². The topological polar surface area (TPSA) is 75.3 Å². The molecule has 0 heterocycles. The summed E-state index contributed by atoms with van der Waals surface area (Å²) in [6.45, 7) is 2.60. The van der Waals surface area contributed by atoms with E-state index in [-0.39, 0.29) is 11.4 Å². The molecule has 0 atom stereocenters. The van der Waals surface area contributed by atoms with Crippen LogP contribution < -0.4 is 11.1 Å². The van der Waals surface area contributed by atoms with Crippen molar-refractivity contribution in [1.82, 2.24) is 5.32 Å². The van der Waals surface area contributed by atoms with Gasteiger partial charge in [0.1, 0.15) is 0 Å². The molecule has 2 aliphatic carbocycles. The second-order valence-electron chi connectivity index (χ2n) is 7.45. The maximum Gasteiger partial charge on any atom is 0.221 e. The lowest BCUT2D eigenvalue weighted by molar-refractivity contribution is -0.124. The van der Waals surface area contributed by atoms with E-state index < -0.39 is 5.60 Å². The lowest BCUT2D eigenvalue weighted by Gasteiger charge is -2.37. The van der Waals surface area contributed by atoms with Crippen molar-refractivity contribution in [2.45, 2.75) is 88.7 Å². The monoisotopic (exact) mass is 296 g/mol. The fourth-order valence-corrected chi connectivity index (χ4v) is 3.88. The Morgan fingerprint density at radius 2 is 1.81 bits per heavy atom. The third-order valence-electron chi connectivity index (χ3n) is 5.59. The zero-order valence-corrected chi connectivity index (χ0v) is 13.5. The number of carbonyl (C=O) groups excluding carboxylic acids is 1. The summed E-state index contributed by atoms with van der Waals surface area (Å²) in [7, 11) is 0. The normalized spacial score (nSPS) is 32.6. The van der Waals surface area contributed by atoms with Gasteiger partial charge in [-0.1, -0.05) is 32.6 Å². The first-order valence-electron chi connectivity index (χ1n) is 8.73. The van der Waals surface area contributed by atoms with Gasteiger partial charge in [-0.3, -0.25) is 4.79 Å². The minimum atomic E-state index is -0.699. The van der Waals surface area contributed by atoms with Crippen LogP contribution >= 0.6 is 0 Å². The molecule has 0 radical (unpaired) electrons. The third-order valence-corrected chi connectivity index (χ3v) is 5.59. The van der Waals surface area contributed by atoms with Gasteiger partial charge in [0.05, 0.1) is 5.60 Å². The summed E-state index contributed by atoms with van der Waals surface area (Å²) in [5.41, 5.74) is 5.30. The Hall–Kier alpha value is -0.610. The molecule has 0 spiro atoms. The zero-order chi connectivity index (χ0) is 15.3. The van der Waals surface area contributed by atoms with Crippen LogP contribution in [-0.4, -0.2) is 28.7 Å². The number of carbonyl (C=O) groups is 1. The van der Waals surface area contributed by atoms with Crippen LogP contribution in [0.25, 0.3) is 0 Å². The van der Waals surface area contributed by atoms with Gasteiger partial charge in [0.25, 0.3) is 0 Å². The first-order chi connectivity index (χ1) is 9.95. The van der Waals surface area contributed by atoms with E-state index in [0.29, 0.717) is 13.0 Å². The molecule has 0 aliphatic heterocycles. The molecule has 4 nitrogen and oxygen atoms in total. The maximum absolute atomic E-state index is 12.1. The molecule has 2 fully saturated rings. The summed E-state index contributed by atoms with van der Waals surface area (Å²) in [5, 5.41) is 13.5. The van der Waals surface area contributed by atoms with Crippen molar-refractivity contribution in [2.24, 2.45) is 11.7 Å². The molecule has 2 saturated carbocycles. The van der Waals surface area contributed by atoms with Gasteiger partial charge in [0, 0.05) is 18.5 Å². The Kier molecular flexibility index (Phi) is 5.67. The van der Waals surface area contributed by atoms with E-state index in [0.717, 1.165) is 57.3 Å². The van der Waals surface area contributed by atoms with Gasteiger partial charge in [0.2, 0.25) is 5.91 Å². The Labute approximate surface area is 128 Å². The van der Waals surface area contributed by atoms with Gasteiger partial charge in [-0.2, -0.15) is 0 Å². The van der Waals surface area contributed by atoms with Crippen molar-refractivity contribution in [3.8, 4) is 0 Å². The highest BCUT2D eigenvalue weighted by atomic mass is 16.3. The van der Waals surface area contributed by atoms with E-state index in [1.54, 1.807) is 0 Å². The molecule has 0 unspecified atom stereocenters. The molecule has 4 heteroatoms. The molecule has 0 aromatic heterocycles. The fraction of sp³-hybridized carbons (Fsp3) is 0.941. The predicted octanol–water partition coefficient (Wildman–Crippen LogP) is 2.49. The van der Waals surface area contributed by atoms with Crippen molar-refractivity contribution in [1.29, 1.82) is 0 Å². The third kappa shape index (κ3) is 4.96. The van der Waals surface area contributed by atoms with Crippen LogP contribution in [0, 0.1) is 5.92 Å². The molecule has 122 valence electrons. The number of nitrogens with two attached hydrogens (primary N) is 1. The molecule has 0 saturated heterocycles. The van der Waals surface area contributed by atoms with Gasteiger partial charge >= 0.3 is 0 Å². The number of nitrogens with one attached hydrogen (secondary N) is 1. The smallest absolute Gasteiger partial charge is 0.221 e. The standard InChI is InChI=1S/C17H32N2O2/c1-2-14-6-10-17(21,11-7-14)13-19-15(20)12-16(18)8-4-3-5-9-16/h14,21H,2-13,18H2,1H3,(H,19,20). The van der Waals surface area contributed by atoms with Crippen LogP contribution in [0.4, 0.5) is 0 Å². The van der Waals surface area contributed by atoms with E-state index in [1.807, 2.05) is 0 Å². The van der Waals surface area contributed by atoms with Crippen LogP contribution in [0.3, 0.4) is 0 Å². The summed E-state index contributed by atoms with van der Waals surface area (Å²) in [4.78, 5) is 12.1. The fourth-order valence-electron chi connectivity index (χ4n) is 3.88. The van der Waals surface area contributed by atoms with Gasteiger partial charge in [0.15, 0.2) is 0 Å². The van der Waals surface area contributed by atoms with Gasteiger partial charge in [-0.05, 0) is 44.4 Å². The van der Waals surface area contributed by atoms with E-state index in [1.165, 1.54) is 12.8 Å². The average molecular weight is 296 g/mol.